The first-order chi connectivity index (χ1) is 10.1. The van der Waals surface area contributed by atoms with Crippen LogP contribution in [0.1, 0.15) is 21.5 Å². The molecular formula is C17H16O3S. The molecule has 3 nitrogen and oxygen atoms in total. The smallest absolute Gasteiger partial charge is 0.335 e. The normalized spacial score (nSPS) is 16.5. The molecule has 1 atom stereocenters. The zero-order chi connectivity index (χ0) is 14.8. The molecule has 0 aliphatic carbocycles. The van der Waals surface area contributed by atoms with Gasteiger partial charge >= 0.3 is 5.97 Å². The average molecular weight is 300 g/mol. The van der Waals surface area contributed by atoms with Gasteiger partial charge in [-0.05, 0) is 48.7 Å². The van der Waals surface area contributed by atoms with Crippen molar-refractivity contribution in [2.75, 3.05) is 6.61 Å². The fourth-order valence-corrected chi connectivity index (χ4v) is 3.72. The van der Waals surface area contributed by atoms with E-state index in [4.69, 9.17) is 9.84 Å². The van der Waals surface area contributed by atoms with E-state index in [0.29, 0.717) is 17.4 Å². The Hall–Kier alpha value is -1.94. The molecule has 1 heterocycles. The van der Waals surface area contributed by atoms with Crippen LogP contribution in [-0.4, -0.2) is 22.9 Å². The second-order valence-corrected chi connectivity index (χ2v) is 6.49. The predicted molar refractivity (Wildman–Crippen MR) is 83.4 cm³/mol. The zero-order valence-corrected chi connectivity index (χ0v) is 12.5. The third-order valence-corrected chi connectivity index (χ3v) is 4.87. The number of aromatic carboxylic acids is 1. The summed E-state index contributed by atoms with van der Waals surface area (Å²) in [6.45, 7) is 2.42. The first kappa shape index (κ1) is 14.0. The Morgan fingerprint density at radius 3 is 2.86 bits per heavy atom. The van der Waals surface area contributed by atoms with E-state index in [1.165, 1.54) is 10.5 Å². The maximum Gasteiger partial charge on any atom is 0.335 e. The number of carbonyl (C=O) groups is 1. The second-order valence-electron chi connectivity index (χ2n) is 5.14. The molecule has 1 aliphatic heterocycles. The molecule has 1 aliphatic rings. The third kappa shape index (κ3) is 3.05. The van der Waals surface area contributed by atoms with E-state index in [9.17, 15) is 4.79 Å². The van der Waals surface area contributed by atoms with Crippen LogP contribution in [0.5, 0.6) is 5.75 Å². The van der Waals surface area contributed by atoms with Crippen molar-refractivity contribution in [3.8, 4) is 5.75 Å². The summed E-state index contributed by atoms with van der Waals surface area (Å²) in [6.07, 6.45) is 1.02. The van der Waals surface area contributed by atoms with E-state index in [2.05, 4.69) is 24.3 Å². The van der Waals surface area contributed by atoms with Gasteiger partial charge in [-0.25, -0.2) is 4.79 Å². The summed E-state index contributed by atoms with van der Waals surface area (Å²) in [4.78, 5) is 12.3. The molecular weight excluding hydrogens is 284 g/mol. The van der Waals surface area contributed by atoms with Gasteiger partial charge in [0.1, 0.15) is 12.4 Å². The lowest BCUT2D eigenvalue weighted by Gasteiger charge is -2.12. The van der Waals surface area contributed by atoms with Crippen molar-refractivity contribution in [1.82, 2.24) is 0 Å². The minimum atomic E-state index is -0.902. The molecule has 2 aromatic carbocycles. The van der Waals surface area contributed by atoms with Crippen LogP contribution in [0.25, 0.3) is 0 Å². The van der Waals surface area contributed by atoms with Crippen molar-refractivity contribution in [2.45, 2.75) is 23.5 Å². The Labute approximate surface area is 127 Å². The molecule has 0 spiro atoms. The van der Waals surface area contributed by atoms with Crippen LogP contribution in [0, 0.1) is 6.92 Å². The molecule has 0 bridgehead atoms. The van der Waals surface area contributed by atoms with E-state index in [1.54, 1.807) is 25.1 Å². The summed E-state index contributed by atoms with van der Waals surface area (Å²) in [5.41, 5.74) is 2.43. The van der Waals surface area contributed by atoms with Gasteiger partial charge in [-0.1, -0.05) is 18.2 Å². The number of benzene rings is 2. The molecule has 0 saturated heterocycles. The summed E-state index contributed by atoms with van der Waals surface area (Å²) in [5, 5.41) is 9.43. The maximum absolute atomic E-state index is 11.0. The third-order valence-electron chi connectivity index (χ3n) is 3.58. The SMILES string of the molecule is Cc1cc(OCC2Cc3ccccc3S2)ccc1C(=O)O. The van der Waals surface area contributed by atoms with E-state index in [-0.39, 0.29) is 0 Å². The molecule has 0 radical (unpaired) electrons. The van der Waals surface area contributed by atoms with Crippen molar-refractivity contribution >= 4 is 17.7 Å². The predicted octanol–water partition coefficient (Wildman–Crippen LogP) is 3.79. The van der Waals surface area contributed by atoms with Crippen molar-refractivity contribution in [3.63, 3.8) is 0 Å². The fraction of sp³-hybridized carbons (Fsp3) is 0.235. The molecule has 2 aromatic rings. The molecule has 3 rings (SSSR count). The van der Waals surface area contributed by atoms with Gasteiger partial charge in [-0.2, -0.15) is 0 Å². The molecule has 0 saturated carbocycles. The highest BCUT2D eigenvalue weighted by atomic mass is 32.2. The number of rotatable bonds is 4. The van der Waals surface area contributed by atoms with Gasteiger partial charge in [0, 0.05) is 10.1 Å². The van der Waals surface area contributed by atoms with E-state index >= 15 is 0 Å². The molecule has 1 N–H and O–H groups in total. The summed E-state index contributed by atoms with van der Waals surface area (Å²) in [5.74, 6) is -0.171. The van der Waals surface area contributed by atoms with Gasteiger partial charge in [0.15, 0.2) is 0 Å². The van der Waals surface area contributed by atoms with Crippen molar-refractivity contribution in [3.05, 3.63) is 59.2 Å². The first-order valence-corrected chi connectivity index (χ1v) is 7.73. The molecule has 0 fully saturated rings. The molecule has 4 heteroatoms. The maximum atomic E-state index is 11.0. The number of carboxylic acid groups (broad SMARTS) is 1. The Morgan fingerprint density at radius 2 is 2.14 bits per heavy atom. The first-order valence-electron chi connectivity index (χ1n) is 6.85. The summed E-state index contributed by atoms with van der Waals surface area (Å²) >= 11 is 1.85. The van der Waals surface area contributed by atoms with Crippen molar-refractivity contribution in [1.29, 1.82) is 0 Å². The van der Waals surface area contributed by atoms with Crippen LogP contribution in [0.15, 0.2) is 47.4 Å². The number of thioether (sulfide) groups is 1. The highest BCUT2D eigenvalue weighted by Crippen LogP contribution is 2.36. The number of hydrogen-bond donors (Lipinski definition) is 1. The second kappa shape index (κ2) is 5.82. The lowest BCUT2D eigenvalue weighted by Crippen LogP contribution is -2.13. The van der Waals surface area contributed by atoms with Gasteiger partial charge in [0.05, 0.1) is 5.56 Å². The largest absolute Gasteiger partial charge is 0.492 e. The minimum Gasteiger partial charge on any atom is -0.492 e. The lowest BCUT2D eigenvalue weighted by atomic mass is 10.1. The average Bonchev–Trinajstić information content (AvgIpc) is 2.87. The van der Waals surface area contributed by atoms with Crippen LogP contribution in [0.4, 0.5) is 0 Å². The van der Waals surface area contributed by atoms with Crippen LogP contribution in [0.3, 0.4) is 0 Å². The number of ether oxygens (including phenoxy) is 1. The number of carboxylic acids is 1. The number of fused-ring (bicyclic) bond motifs is 1. The zero-order valence-electron chi connectivity index (χ0n) is 11.7. The van der Waals surface area contributed by atoms with Crippen LogP contribution in [-0.2, 0) is 6.42 Å². The van der Waals surface area contributed by atoms with E-state index in [1.807, 2.05) is 11.8 Å². The topological polar surface area (TPSA) is 46.5 Å². The van der Waals surface area contributed by atoms with Crippen LogP contribution >= 0.6 is 11.8 Å². The monoisotopic (exact) mass is 300 g/mol. The van der Waals surface area contributed by atoms with Crippen LogP contribution < -0.4 is 4.74 Å². The van der Waals surface area contributed by atoms with Gasteiger partial charge in [0.25, 0.3) is 0 Å². The van der Waals surface area contributed by atoms with Crippen molar-refractivity contribution < 1.29 is 14.6 Å². The molecule has 0 amide bonds. The molecule has 108 valence electrons. The Morgan fingerprint density at radius 1 is 1.33 bits per heavy atom. The lowest BCUT2D eigenvalue weighted by molar-refractivity contribution is 0.0696. The van der Waals surface area contributed by atoms with Gasteiger partial charge in [0.2, 0.25) is 0 Å². The quantitative estimate of drug-likeness (QED) is 0.933. The summed E-state index contributed by atoms with van der Waals surface area (Å²) in [7, 11) is 0. The highest BCUT2D eigenvalue weighted by molar-refractivity contribution is 8.00. The Balaban J connectivity index is 1.62. The number of aryl methyl sites for hydroxylation is 1. The van der Waals surface area contributed by atoms with E-state index in [0.717, 1.165) is 17.7 Å². The Kier molecular flexibility index (Phi) is 3.88. The van der Waals surface area contributed by atoms with Gasteiger partial charge in [-0.15, -0.1) is 11.8 Å². The van der Waals surface area contributed by atoms with Crippen LogP contribution in [0.2, 0.25) is 0 Å². The fourth-order valence-electron chi connectivity index (χ4n) is 2.50. The highest BCUT2D eigenvalue weighted by Gasteiger charge is 2.22. The minimum absolute atomic E-state index is 0.324. The summed E-state index contributed by atoms with van der Waals surface area (Å²) < 4.78 is 5.82. The van der Waals surface area contributed by atoms with Gasteiger partial charge < -0.3 is 9.84 Å². The van der Waals surface area contributed by atoms with Crippen molar-refractivity contribution in [2.24, 2.45) is 0 Å². The standard InChI is InChI=1S/C17H16O3S/c1-11-8-13(6-7-15(11)17(18)19)20-10-14-9-12-4-2-3-5-16(12)21-14/h2-8,14H,9-10H2,1H3,(H,18,19). The number of hydrogen-bond acceptors (Lipinski definition) is 3. The van der Waals surface area contributed by atoms with Gasteiger partial charge in [-0.3, -0.25) is 0 Å². The summed E-state index contributed by atoms with van der Waals surface area (Å²) in [6, 6.07) is 13.5. The molecule has 21 heavy (non-hydrogen) atoms. The molecule has 1 unspecified atom stereocenters. The van der Waals surface area contributed by atoms with E-state index < -0.39 is 5.97 Å². The molecule has 0 aromatic heterocycles. The Bertz CT molecular complexity index is 656.